The molecule has 0 saturated heterocycles. The zero-order valence-electron chi connectivity index (χ0n) is 5.08. The van der Waals surface area contributed by atoms with Crippen molar-refractivity contribution in [3.63, 3.8) is 0 Å². The van der Waals surface area contributed by atoms with Crippen molar-refractivity contribution in [2.24, 2.45) is 0 Å². The van der Waals surface area contributed by atoms with Gasteiger partial charge in [-0.25, -0.2) is 0 Å². The molecule has 0 aromatic rings. The van der Waals surface area contributed by atoms with Gasteiger partial charge in [-0.05, 0) is 0 Å². The molecule has 0 bridgehead atoms. The summed E-state index contributed by atoms with van der Waals surface area (Å²) in [5, 5.41) is 0. The maximum absolute atomic E-state index is 9.25. The summed E-state index contributed by atoms with van der Waals surface area (Å²) in [6.45, 7) is 0. The summed E-state index contributed by atoms with van der Waals surface area (Å²) >= 11 is 0. The van der Waals surface area contributed by atoms with Gasteiger partial charge < -0.3 is 18.9 Å². The fraction of sp³-hybridized carbons (Fsp3) is 1.00. The van der Waals surface area contributed by atoms with Crippen LogP contribution in [-0.2, 0) is 9.09 Å². The molecular formula is CH3Na2O4P. The molecule has 0 saturated carbocycles. The number of phosphoric acid groups is 1. The van der Waals surface area contributed by atoms with E-state index in [4.69, 9.17) is 0 Å². The van der Waals surface area contributed by atoms with Gasteiger partial charge in [-0.15, -0.1) is 0 Å². The molecule has 0 fully saturated rings. The van der Waals surface area contributed by atoms with E-state index >= 15 is 0 Å². The Bertz CT molecular complexity index is 78.1. The SMILES string of the molecule is COP(=O)([O-])[O-].[Na+].[Na+]. The Kier molecular flexibility index (Phi) is 15.0. The van der Waals surface area contributed by atoms with Crippen LogP contribution in [0.25, 0.3) is 0 Å². The van der Waals surface area contributed by atoms with Crippen LogP contribution in [0.5, 0.6) is 0 Å². The quantitative estimate of drug-likeness (QED) is 0.279. The summed E-state index contributed by atoms with van der Waals surface area (Å²) in [4.78, 5) is 18.5. The zero-order chi connectivity index (χ0) is 5.21. The first-order valence-electron chi connectivity index (χ1n) is 1.14. The number of rotatable bonds is 1. The van der Waals surface area contributed by atoms with E-state index in [1.165, 1.54) is 0 Å². The van der Waals surface area contributed by atoms with E-state index in [1.54, 1.807) is 0 Å². The van der Waals surface area contributed by atoms with Gasteiger partial charge in [0.15, 0.2) is 0 Å². The van der Waals surface area contributed by atoms with E-state index in [1.807, 2.05) is 0 Å². The van der Waals surface area contributed by atoms with E-state index in [0.29, 0.717) is 0 Å². The van der Waals surface area contributed by atoms with Crippen LogP contribution < -0.4 is 68.9 Å². The minimum absolute atomic E-state index is 0. The second-order valence-corrected chi connectivity index (χ2v) is 1.89. The summed E-state index contributed by atoms with van der Waals surface area (Å²) in [5.74, 6) is 0. The first kappa shape index (κ1) is 16.6. The molecule has 38 valence electrons. The van der Waals surface area contributed by atoms with Crippen molar-refractivity contribution in [2.45, 2.75) is 0 Å². The summed E-state index contributed by atoms with van der Waals surface area (Å²) < 4.78 is 12.6. The van der Waals surface area contributed by atoms with Gasteiger partial charge in [0.25, 0.3) is 0 Å². The van der Waals surface area contributed by atoms with Crippen molar-refractivity contribution >= 4 is 7.82 Å². The molecule has 0 aliphatic rings. The molecule has 0 N–H and O–H groups in total. The van der Waals surface area contributed by atoms with Gasteiger partial charge >= 0.3 is 59.1 Å². The Morgan fingerprint density at radius 3 is 1.50 bits per heavy atom. The molecule has 0 unspecified atom stereocenters. The molecule has 0 aliphatic carbocycles. The largest absolute Gasteiger partial charge is 1.00 e. The molecule has 0 amide bonds. The van der Waals surface area contributed by atoms with E-state index in [2.05, 4.69) is 4.52 Å². The zero-order valence-corrected chi connectivity index (χ0v) is 9.97. The normalized spacial score (nSPS) is 8.88. The number of hydrogen-bond acceptors (Lipinski definition) is 4. The van der Waals surface area contributed by atoms with Crippen LogP contribution in [0, 0.1) is 0 Å². The molecule has 0 aromatic carbocycles. The van der Waals surface area contributed by atoms with Crippen molar-refractivity contribution in [3.8, 4) is 0 Å². The summed E-state index contributed by atoms with van der Waals surface area (Å²) in [6, 6.07) is 0. The van der Waals surface area contributed by atoms with Crippen molar-refractivity contribution in [2.75, 3.05) is 7.11 Å². The second kappa shape index (κ2) is 7.22. The molecule has 0 aliphatic heterocycles. The molecule has 8 heavy (non-hydrogen) atoms. The molecule has 0 atom stereocenters. The summed E-state index contributed by atoms with van der Waals surface area (Å²) in [5.41, 5.74) is 0. The fourth-order valence-corrected chi connectivity index (χ4v) is 0. The summed E-state index contributed by atoms with van der Waals surface area (Å²) in [7, 11) is -3.83. The first-order chi connectivity index (χ1) is 2.56. The third-order valence-corrected chi connectivity index (χ3v) is 0.671. The van der Waals surface area contributed by atoms with Crippen molar-refractivity contribution in [1.82, 2.24) is 0 Å². The Morgan fingerprint density at radius 2 is 1.50 bits per heavy atom. The maximum atomic E-state index is 9.25. The standard InChI is InChI=1S/CH5O4P.2Na/c1-5-6(2,3)4;;/h1H3,(H2,2,3,4);;/q;2*+1/p-2. The van der Waals surface area contributed by atoms with Crippen LogP contribution in [0.2, 0.25) is 0 Å². The summed E-state index contributed by atoms with van der Waals surface area (Å²) in [6.07, 6.45) is 0. The Hall–Kier alpha value is 2.11. The molecule has 4 nitrogen and oxygen atoms in total. The van der Waals surface area contributed by atoms with Gasteiger partial charge in [0, 0.05) is 7.11 Å². The minimum Gasteiger partial charge on any atom is -0.790 e. The van der Waals surface area contributed by atoms with Gasteiger partial charge in [-0.2, -0.15) is 0 Å². The average molecular weight is 156 g/mol. The van der Waals surface area contributed by atoms with Crippen LogP contribution in [0.4, 0.5) is 0 Å². The van der Waals surface area contributed by atoms with Crippen LogP contribution >= 0.6 is 7.82 Å². The van der Waals surface area contributed by atoms with Gasteiger partial charge in [-0.3, -0.25) is 0 Å². The average Bonchev–Trinajstić information content (AvgIpc) is 1.35. The molecule has 7 heteroatoms. The minimum atomic E-state index is -4.65. The molecule has 0 rings (SSSR count). The van der Waals surface area contributed by atoms with Crippen molar-refractivity contribution in [1.29, 1.82) is 0 Å². The molecule has 0 radical (unpaired) electrons. The van der Waals surface area contributed by atoms with Crippen LogP contribution in [0.15, 0.2) is 0 Å². The van der Waals surface area contributed by atoms with Crippen LogP contribution in [0.1, 0.15) is 0 Å². The van der Waals surface area contributed by atoms with Gasteiger partial charge in [0.05, 0.1) is 7.82 Å². The van der Waals surface area contributed by atoms with E-state index in [-0.39, 0.29) is 59.1 Å². The molecular weight excluding hydrogens is 153 g/mol. The second-order valence-electron chi connectivity index (χ2n) is 0.630. The smallest absolute Gasteiger partial charge is 0.790 e. The molecule has 0 aromatic heterocycles. The number of phosphoric ester groups is 1. The van der Waals surface area contributed by atoms with Gasteiger partial charge in [0.2, 0.25) is 0 Å². The third kappa shape index (κ3) is 15.7. The Labute approximate surface area is 91.8 Å². The topological polar surface area (TPSA) is 72.4 Å². The van der Waals surface area contributed by atoms with E-state index in [9.17, 15) is 14.4 Å². The van der Waals surface area contributed by atoms with Crippen LogP contribution in [0.3, 0.4) is 0 Å². The van der Waals surface area contributed by atoms with E-state index in [0.717, 1.165) is 7.11 Å². The maximum Gasteiger partial charge on any atom is 1.00 e. The molecule has 0 spiro atoms. The molecule has 0 heterocycles. The van der Waals surface area contributed by atoms with Crippen molar-refractivity contribution < 1.29 is 78.0 Å². The number of hydrogen-bond donors (Lipinski definition) is 0. The fourth-order valence-electron chi connectivity index (χ4n) is 0. The van der Waals surface area contributed by atoms with Crippen LogP contribution in [-0.4, -0.2) is 7.11 Å². The first-order valence-corrected chi connectivity index (χ1v) is 2.60. The third-order valence-electron chi connectivity index (χ3n) is 0.224. The van der Waals surface area contributed by atoms with E-state index < -0.39 is 7.82 Å². The Morgan fingerprint density at radius 1 is 1.38 bits per heavy atom. The monoisotopic (exact) mass is 156 g/mol. The van der Waals surface area contributed by atoms with Gasteiger partial charge in [-0.1, -0.05) is 0 Å². The Balaban J connectivity index is -0.000000125. The van der Waals surface area contributed by atoms with Crippen molar-refractivity contribution in [3.05, 3.63) is 0 Å². The predicted octanol–water partition coefficient (Wildman–Crippen LogP) is -7.53. The van der Waals surface area contributed by atoms with Gasteiger partial charge in [0.1, 0.15) is 0 Å². The predicted molar refractivity (Wildman–Crippen MR) is 14.6 cm³/mol.